The molecule has 1 amide bonds. The average Bonchev–Trinajstić information content (AvgIpc) is 2.66. The first-order valence-electron chi connectivity index (χ1n) is 8.33. The van der Waals surface area contributed by atoms with Gasteiger partial charge in [-0.15, -0.1) is 0 Å². The van der Waals surface area contributed by atoms with Crippen molar-refractivity contribution in [2.45, 2.75) is 13.0 Å². The van der Waals surface area contributed by atoms with Crippen LogP contribution in [0.25, 0.3) is 11.0 Å². The van der Waals surface area contributed by atoms with E-state index in [4.69, 9.17) is 5.73 Å². The molecule has 2 aromatic heterocycles. The number of nitrogens with one attached hydrogen (secondary N) is 2. The van der Waals surface area contributed by atoms with Crippen LogP contribution in [0.3, 0.4) is 0 Å². The van der Waals surface area contributed by atoms with Crippen molar-refractivity contribution in [2.24, 2.45) is 5.73 Å². The molecule has 1 aromatic carbocycles. The molecule has 0 aliphatic heterocycles. The van der Waals surface area contributed by atoms with Crippen LogP contribution in [0.1, 0.15) is 28.9 Å². The Labute approximate surface area is 163 Å². The summed E-state index contributed by atoms with van der Waals surface area (Å²) < 4.78 is 14.0. The predicted octanol–water partition coefficient (Wildman–Crippen LogP) is 2.79. The fourth-order valence-electron chi connectivity index (χ4n) is 2.70. The van der Waals surface area contributed by atoms with Crippen LogP contribution < -0.4 is 16.4 Å². The van der Waals surface area contributed by atoms with Crippen LogP contribution in [0.4, 0.5) is 10.2 Å². The van der Waals surface area contributed by atoms with E-state index in [9.17, 15) is 9.18 Å². The lowest BCUT2D eigenvalue weighted by atomic mass is 10.1. The molecule has 140 valence electrons. The fourth-order valence-corrected chi connectivity index (χ4v) is 3.10. The van der Waals surface area contributed by atoms with Gasteiger partial charge in [0.05, 0.1) is 16.1 Å². The van der Waals surface area contributed by atoms with Gasteiger partial charge in [-0.25, -0.2) is 14.4 Å². The quantitative estimate of drug-likeness (QED) is 0.529. The van der Waals surface area contributed by atoms with Gasteiger partial charge in [0.1, 0.15) is 23.2 Å². The zero-order chi connectivity index (χ0) is 19.4. The fraction of sp³-hybridized carbons (Fsp3) is 0.222. The van der Waals surface area contributed by atoms with Gasteiger partial charge in [-0.3, -0.25) is 9.78 Å². The van der Waals surface area contributed by atoms with Crippen molar-refractivity contribution >= 4 is 38.7 Å². The summed E-state index contributed by atoms with van der Waals surface area (Å²) in [6.45, 7) is 3.35. The second-order valence-corrected chi connectivity index (χ2v) is 6.67. The van der Waals surface area contributed by atoms with E-state index in [1.807, 2.05) is 6.92 Å². The molecule has 0 fully saturated rings. The molecule has 3 aromatic rings. The van der Waals surface area contributed by atoms with E-state index < -0.39 is 5.91 Å². The van der Waals surface area contributed by atoms with Crippen LogP contribution in [-0.4, -0.2) is 33.9 Å². The van der Waals surface area contributed by atoms with E-state index in [0.717, 1.165) is 12.1 Å². The molecule has 3 rings (SSSR count). The topological polar surface area (TPSA) is 106 Å². The van der Waals surface area contributed by atoms with Gasteiger partial charge in [-0.05, 0) is 46.2 Å². The van der Waals surface area contributed by atoms with E-state index in [0.29, 0.717) is 27.9 Å². The largest absolute Gasteiger partial charge is 0.366 e. The minimum absolute atomic E-state index is 0.209. The maximum Gasteiger partial charge on any atom is 0.251 e. The number of fused-ring (bicyclic) bond motifs is 1. The Kier molecular flexibility index (Phi) is 5.92. The lowest BCUT2D eigenvalue weighted by Gasteiger charge is -2.21. The Hall–Kier alpha value is -2.65. The molecule has 7 nitrogen and oxygen atoms in total. The van der Waals surface area contributed by atoms with Gasteiger partial charge in [0.15, 0.2) is 5.82 Å². The van der Waals surface area contributed by atoms with Crippen molar-refractivity contribution in [3.05, 3.63) is 58.2 Å². The number of rotatable bonds is 7. The highest BCUT2D eigenvalue weighted by Crippen LogP contribution is 2.26. The van der Waals surface area contributed by atoms with Crippen molar-refractivity contribution in [3.63, 3.8) is 0 Å². The van der Waals surface area contributed by atoms with Crippen LogP contribution in [-0.2, 0) is 0 Å². The van der Waals surface area contributed by atoms with Gasteiger partial charge < -0.3 is 16.4 Å². The number of amides is 1. The lowest BCUT2D eigenvalue weighted by molar-refractivity contribution is 0.100. The molecule has 0 saturated heterocycles. The summed E-state index contributed by atoms with van der Waals surface area (Å²) >= 11 is 3.22. The number of likely N-dealkylation sites (N-methyl/N-ethyl adjacent to an activating group) is 1. The minimum Gasteiger partial charge on any atom is -0.366 e. The standard InChI is InChI=1S/C18H18BrFN6O/c1-2-22-8-14(10-3-4-13(20)12(19)7-10)26-18-16-15(24-9-25-18)11(17(21)27)5-6-23-16/h3-7,9,14,22H,2,8H2,1H3,(H2,21,27)(H,24,25,26)/t14-/m1/s1. The number of carbonyl (C=O) groups excluding carboxylic acids is 1. The van der Waals surface area contributed by atoms with Crippen molar-refractivity contribution in [3.8, 4) is 0 Å². The number of hydrogen-bond donors (Lipinski definition) is 3. The van der Waals surface area contributed by atoms with Gasteiger partial charge in [-0.1, -0.05) is 13.0 Å². The van der Waals surface area contributed by atoms with Gasteiger partial charge in [0.25, 0.3) is 5.91 Å². The second-order valence-electron chi connectivity index (χ2n) is 5.82. The maximum absolute atomic E-state index is 13.6. The third-order valence-electron chi connectivity index (χ3n) is 4.04. The van der Waals surface area contributed by atoms with Gasteiger partial charge in [0.2, 0.25) is 0 Å². The smallest absolute Gasteiger partial charge is 0.251 e. The van der Waals surface area contributed by atoms with Crippen LogP contribution in [0.15, 0.2) is 41.3 Å². The van der Waals surface area contributed by atoms with Gasteiger partial charge in [0, 0.05) is 12.7 Å². The van der Waals surface area contributed by atoms with Crippen LogP contribution in [0.2, 0.25) is 0 Å². The molecule has 0 spiro atoms. The molecular formula is C18H18BrFN6O. The molecule has 9 heteroatoms. The van der Waals surface area contributed by atoms with Crippen molar-refractivity contribution in [1.82, 2.24) is 20.3 Å². The summed E-state index contributed by atoms with van der Waals surface area (Å²) in [5.41, 5.74) is 7.38. The molecule has 4 N–H and O–H groups in total. The molecule has 0 aliphatic rings. The first-order chi connectivity index (χ1) is 13.0. The third-order valence-corrected chi connectivity index (χ3v) is 4.65. The summed E-state index contributed by atoms with van der Waals surface area (Å²) in [5, 5.41) is 6.58. The van der Waals surface area contributed by atoms with E-state index >= 15 is 0 Å². The SMILES string of the molecule is CCNC[C@@H](Nc1ncnc2c(C(N)=O)ccnc12)c1ccc(F)c(Br)c1. The van der Waals surface area contributed by atoms with E-state index in [-0.39, 0.29) is 17.4 Å². The second kappa shape index (κ2) is 8.36. The number of nitrogens with zero attached hydrogens (tertiary/aromatic N) is 3. The maximum atomic E-state index is 13.6. The molecule has 0 saturated carbocycles. The Balaban J connectivity index is 2.02. The molecular weight excluding hydrogens is 415 g/mol. The van der Waals surface area contributed by atoms with Crippen molar-refractivity contribution in [1.29, 1.82) is 0 Å². The number of pyridine rings is 1. The molecule has 0 aliphatic carbocycles. The Morgan fingerprint density at radius 1 is 1.26 bits per heavy atom. The molecule has 1 atom stereocenters. The van der Waals surface area contributed by atoms with Crippen LogP contribution in [0.5, 0.6) is 0 Å². The molecule has 0 radical (unpaired) electrons. The average molecular weight is 433 g/mol. The van der Waals surface area contributed by atoms with E-state index in [2.05, 4.69) is 41.5 Å². The summed E-state index contributed by atoms with van der Waals surface area (Å²) in [6, 6.07) is 6.14. The number of anilines is 1. The number of benzene rings is 1. The highest BCUT2D eigenvalue weighted by molar-refractivity contribution is 9.10. The monoisotopic (exact) mass is 432 g/mol. The molecule has 0 bridgehead atoms. The summed E-state index contributed by atoms with van der Waals surface area (Å²) in [5.74, 6) is -0.452. The zero-order valence-electron chi connectivity index (χ0n) is 14.5. The normalized spacial score (nSPS) is 12.1. The molecule has 27 heavy (non-hydrogen) atoms. The first kappa shape index (κ1) is 19.1. The number of primary amides is 1. The number of hydrogen-bond acceptors (Lipinski definition) is 6. The Bertz CT molecular complexity index is 983. The van der Waals surface area contributed by atoms with Gasteiger partial charge >= 0.3 is 0 Å². The van der Waals surface area contributed by atoms with E-state index in [1.54, 1.807) is 12.1 Å². The Morgan fingerprint density at radius 2 is 2.07 bits per heavy atom. The zero-order valence-corrected chi connectivity index (χ0v) is 16.1. The van der Waals surface area contributed by atoms with Gasteiger partial charge in [-0.2, -0.15) is 0 Å². The molecule has 2 heterocycles. The van der Waals surface area contributed by atoms with Crippen LogP contribution in [0, 0.1) is 5.82 Å². The first-order valence-corrected chi connectivity index (χ1v) is 9.12. The third kappa shape index (κ3) is 4.20. The van der Waals surface area contributed by atoms with E-state index in [1.165, 1.54) is 24.7 Å². The predicted molar refractivity (Wildman–Crippen MR) is 105 cm³/mol. The van der Waals surface area contributed by atoms with Crippen LogP contribution >= 0.6 is 15.9 Å². The van der Waals surface area contributed by atoms with Crippen molar-refractivity contribution in [2.75, 3.05) is 18.4 Å². The Morgan fingerprint density at radius 3 is 2.78 bits per heavy atom. The summed E-state index contributed by atoms with van der Waals surface area (Å²) in [6.07, 6.45) is 2.84. The summed E-state index contributed by atoms with van der Waals surface area (Å²) in [4.78, 5) is 24.4. The van der Waals surface area contributed by atoms with Crippen molar-refractivity contribution < 1.29 is 9.18 Å². The number of carbonyl (C=O) groups is 1. The highest BCUT2D eigenvalue weighted by Gasteiger charge is 2.17. The molecule has 0 unspecified atom stereocenters. The lowest BCUT2D eigenvalue weighted by Crippen LogP contribution is -2.27. The minimum atomic E-state index is -0.585. The summed E-state index contributed by atoms with van der Waals surface area (Å²) in [7, 11) is 0. The number of nitrogens with two attached hydrogens (primary N) is 1. The highest BCUT2D eigenvalue weighted by atomic mass is 79.9. The number of halogens is 2. The number of aromatic nitrogens is 3.